The van der Waals surface area contributed by atoms with E-state index in [2.05, 4.69) is 0 Å². The monoisotopic (exact) mass is 260 g/mol. The van der Waals surface area contributed by atoms with E-state index < -0.39 is 30.0 Å². The van der Waals surface area contributed by atoms with Crippen molar-refractivity contribution in [2.24, 2.45) is 5.92 Å². The van der Waals surface area contributed by atoms with Crippen molar-refractivity contribution < 1.29 is 30.7 Å². The van der Waals surface area contributed by atoms with Crippen molar-refractivity contribution in [3.63, 3.8) is 0 Å². The lowest BCUT2D eigenvalue weighted by Gasteiger charge is -2.26. The lowest BCUT2D eigenvalue weighted by Crippen LogP contribution is -2.39. The van der Waals surface area contributed by atoms with Crippen molar-refractivity contribution in [2.75, 3.05) is 0 Å². The van der Waals surface area contributed by atoms with Gasteiger partial charge in [0.25, 0.3) is 0 Å². The van der Waals surface area contributed by atoms with Crippen LogP contribution in [0.5, 0.6) is 0 Å². The molecule has 17 heavy (non-hydrogen) atoms. The van der Waals surface area contributed by atoms with Gasteiger partial charge in [-0.25, -0.2) is 4.39 Å². The third-order valence-corrected chi connectivity index (χ3v) is 2.12. The Kier molecular flexibility index (Phi) is 3.68. The van der Waals surface area contributed by atoms with E-state index in [1.54, 1.807) is 0 Å². The van der Waals surface area contributed by atoms with Gasteiger partial charge in [0.05, 0.1) is 0 Å². The Morgan fingerprint density at radius 2 is 1.18 bits per heavy atom. The van der Waals surface area contributed by atoms with Crippen molar-refractivity contribution in [2.45, 2.75) is 18.5 Å². The second-order valence-corrected chi connectivity index (χ2v) is 3.37. The Morgan fingerprint density at radius 3 is 1.53 bits per heavy atom. The van der Waals surface area contributed by atoms with E-state index in [4.69, 9.17) is 0 Å². The average Bonchev–Trinajstić information content (AvgIpc) is 2.14. The second-order valence-electron chi connectivity index (χ2n) is 3.37. The van der Waals surface area contributed by atoms with Crippen LogP contribution in [0.2, 0.25) is 0 Å². The van der Waals surface area contributed by atoms with Crippen LogP contribution >= 0.6 is 0 Å². The molecule has 0 aliphatic heterocycles. The number of rotatable bonds is 2. The van der Waals surface area contributed by atoms with Gasteiger partial charge in [-0.05, 0) is 5.56 Å². The first-order chi connectivity index (χ1) is 7.64. The van der Waals surface area contributed by atoms with Crippen LogP contribution in [0.1, 0.15) is 11.7 Å². The molecule has 0 heterocycles. The largest absolute Gasteiger partial charge is 0.403 e. The first kappa shape index (κ1) is 13.8. The molecule has 1 rings (SSSR count). The average molecular weight is 260 g/mol. The maximum absolute atomic E-state index is 13.4. The molecular weight excluding hydrogens is 253 g/mol. The van der Waals surface area contributed by atoms with Gasteiger partial charge in [0.1, 0.15) is 6.17 Å². The van der Waals surface area contributed by atoms with Crippen molar-refractivity contribution in [3.05, 3.63) is 35.9 Å². The molecule has 0 saturated heterocycles. The van der Waals surface area contributed by atoms with E-state index in [1.165, 1.54) is 18.2 Å². The number of halogens is 7. The molecule has 0 nitrogen and oxygen atoms in total. The minimum atomic E-state index is -5.67. The van der Waals surface area contributed by atoms with Gasteiger partial charge in [0.2, 0.25) is 0 Å². The van der Waals surface area contributed by atoms with E-state index in [-0.39, 0.29) is 0 Å². The fourth-order valence-electron chi connectivity index (χ4n) is 1.35. The van der Waals surface area contributed by atoms with E-state index in [9.17, 15) is 30.7 Å². The molecule has 0 saturated carbocycles. The van der Waals surface area contributed by atoms with Gasteiger partial charge in [0.15, 0.2) is 5.92 Å². The fourth-order valence-corrected chi connectivity index (χ4v) is 1.35. The van der Waals surface area contributed by atoms with Crippen molar-refractivity contribution in [1.82, 2.24) is 0 Å². The summed E-state index contributed by atoms with van der Waals surface area (Å²) in [6, 6.07) is 5.48. The molecule has 1 atom stereocenters. The molecule has 0 spiro atoms. The fraction of sp³-hybridized carbons (Fsp3) is 0.400. The maximum Gasteiger partial charge on any atom is 0.403 e. The number of hydrogen-bond acceptors (Lipinski definition) is 0. The molecule has 0 amide bonds. The molecule has 0 radical (unpaired) electrons. The zero-order chi connectivity index (χ0) is 13.3. The molecule has 0 fully saturated rings. The molecule has 7 heteroatoms. The zero-order valence-corrected chi connectivity index (χ0v) is 8.19. The Bertz CT molecular complexity index is 337. The van der Waals surface area contributed by atoms with E-state index in [0.29, 0.717) is 0 Å². The lowest BCUT2D eigenvalue weighted by atomic mass is 9.96. The van der Waals surface area contributed by atoms with Crippen molar-refractivity contribution in [1.29, 1.82) is 0 Å². The van der Waals surface area contributed by atoms with Crippen LogP contribution < -0.4 is 0 Å². The van der Waals surface area contributed by atoms with Gasteiger partial charge in [-0.3, -0.25) is 0 Å². The van der Waals surface area contributed by atoms with Gasteiger partial charge in [-0.15, -0.1) is 0 Å². The molecule has 0 bridgehead atoms. The normalized spacial score (nSPS) is 15.1. The van der Waals surface area contributed by atoms with E-state index >= 15 is 0 Å². The van der Waals surface area contributed by atoms with Gasteiger partial charge < -0.3 is 0 Å². The molecular formula is C10H7F7. The quantitative estimate of drug-likeness (QED) is 0.689. The summed E-state index contributed by atoms with van der Waals surface area (Å²) in [7, 11) is 0. The lowest BCUT2D eigenvalue weighted by molar-refractivity contribution is -0.300. The highest BCUT2D eigenvalue weighted by Crippen LogP contribution is 2.47. The third-order valence-electron chi connectivity index (χ3n) is 2.12. The molecule has 1 unspecified atom stereocenters. The molecule has 0 N–H and O–H groups in total. The summed E-state index contributed by atoms with van der Waals surface area (Å²) in [5.41, 5.74) is -0.646. The summed E-state index contributed by atoms with van der Waals surface area (Å²) in [6.07, 6.45) is -14.5. The Hall–Kier alpha value is -1.27. The predicted octanol–water partition coefficient (Wildman–Crippen LogP) is 4.44. The summed E-state index contributed by atoms with van der Waals surface area (Å²) < 4.78 is 86.5. The van der Waals surface area contributed by atoms with E-state index in [1.807, 2.05) is 0 Å². The first-order valence-electron chi connectivity index (χ1n) is 4.46. The van der Waals surface area contributed by atoms with Gasteiger partial charge in [-0.2, -0.15) is 26.3 Å². The summed E-state index contributed by atoms with van der Waals surface area (Å²) in [5, 5.41) is 0. The van der Waals surface area contributed by atoms with Crippen LogP contribution in [0.4, 0.5) is 30.7 Å². The SMILES string of the molecule is FC(c1ccccc1)C(C(F)(F)F)C(F)(F)F. The standard InChI is InChI=1S/C10H7F7/c11-7(6-4-2-1-3-5-6)8(9(12,13)14)10(15,16)17/h1-5,7-8H. The minimum Gasteiger partial charge on any atom is -0.241 e. The second kappa shape index (κ2) is 4.54. The van der Waals surface area contributed by atoms with Crippen LogP contribution in [-0.2, 0) is 0 Å². The van der Waals surface area contributed by atoms with Crippen molar-refractivity contribution >= 4 is 0 Å². The first-order valence-corrected chi connectivity index (χ1v) is 4.46. The summed E-state index contributed by atoms with van der Waals surface area (Å²) in [6.45, 7) is 0. The van der Waals surface area contributed by atoms with Crippen LogP contribution in [0.15, 0.2) is 30.3 Å². The molecule has 96 valence electrons. The van der Waals surface area contributed by atoms with Gasteiger partial charge >= 0.3 is 12.4 Å². The predicted molar refractivity (Wildman–Crippen MR) is 45.9 cm³/mol. The van der Waals surface area contributed by atoms with E-state index in [0.717, 1.165) is 12.1 Å². The highest BCUT2D eigenvalue weighted by Gasteiger charge is 2.61. The summed E-state index contributed by atoms with van der Waals surface area (Å²) in [4.78, 5) is 0. The summed E-state index contributed by atoms with van der Waals surface area (Å²) in [5.74, 6) is -4.00. The number of alkyl halides is 7. The van der Waals surface area contributed by atoms with Crippen LogP contribution in [0.25, 0.3) is 0 Å². The van der Waals surface area contributed by atoms with Gasteiger partial charge in [-0.1, -0.05) is 30.3 Å². The smallest absolute Gasteiger partial charge is 0.241 e. The Balaban J connectivity index is 3.09. The van der Waals surface area contributed by atoms with Crippen LogP contribution in [0, 0.1) is 5.92 Å². The zero-order valence-electron chi connectivity index (χ0n) is 8.19. The topological polar surface area (TPSA) is 0 Å². The molecule has 1 aromatic rings. The molecule has 0 aromatic heterocycles. The number of benzene rings is 1. The highest BCUT2D eigenvalue weighted by molar-refractivity contribution is 5.19. The van der Waals surface area contributed by atoms with Gasteiger partial charge in [0, 0.05) is 0 Å². The maximum atomic E-state index is 13.4. The van der Waals surface area contributed by atoms with Crippen LogP contribution in [-0.4, -0.2) is 12.4 Å². The number of hydrogen-bond donors (Lipinski definition) is 0. The molecule has 0 aliphatic carbocycles. The van der Waals surface area contributed by atoms with Crippen LogP contribution in [0.3, 0.4) is 0 Å². The molecule has 1 aromatic carbocycles. The summed E-state index contributed by atoms with van der Waals surface area (Å²) >= 11 is 0. The third kappa shape index (κ3) is 3.34. The minimum absolute atomic E-state index is 0.646. The van der Waals surface area contributed by atoms with Crippen molar-refractivity contribution in [3.8, 4) is 0 Å². The Morgan fingerprint density at radius 1 is 0.765 bits per heavy atom. The Labute approximate surface area is 92.0 Å². The highest BCUT2D eigenvalue weighted by atomic mass is 19.4. The molecule has 0 aliphatic rings.